The van der Waals surface area contributed by atoms with Gasteiger partial charge in [0.25, 0.3) is 6.01 Å². The number of halogens is 1. The Morgan fingerprint density at radius 1 is 1.38 bits per heavy atom. The highest BCUT2D eigenvalue weighted by molar-refractivity contribution is 5.75. The molecule has 1 spiro atoms. The van der Waals surface area contributed by atoms with Crippen LogP contribution in [0.1, 0.15) is 17.8 Å². The van der Waals surface area contributed by atoms with Gasteiger partial charge in [0.05, 0.1) is 12.0 Å². The summed E-state index contributed by atoms with van der Waals surface area (Å²) in [5.74, 6) is -0.350. The zero-order valence-electron chi connectivity index (χ0n) is 13.4. The predicted molar refractivity (Wildman–Crippen MR) is 87.4 cm³/mol. The molecule has 1 aromatic carbocycles. The summed E-state index contributed by atoms with van der Waals surface area (Å²) >= 11 is 0. The summed E-state index contributed by atoms with van der Waals surface area (Å²) in [5.41, 5.74) is 2.85. The zero-order chi connectivity index (χ0) is 16.3. The highest BCUT2D eigenvalue weighted by Gasteiger charge is 2.49. The number of hydrogen-bond donors (Lipinski definition) is 1. The molecule has 0 aliphatic carbocycles. The van der Waals surface area contributed by atoms with Crippen LogP contribution in [0.4, 0.5) is 10.4 Å². The smallest absolute Gasteiger partial charge is 0.299 e. The first-order valence-electron chi connectivity index (χ1n) is 8.23. The van der Waals surface area contributed by atoms with Gasteiger partial charge in [-0.2, -0.15) is 4.98 Å². The summed E-state index contributed by atoms with van der Waals surface area (Å²) in [6.45, 7) is 2.49. The number of hydrogen-bond acceptors (Lipinski definition) is 5. The van der Waals surface area contributed by atoms with E-state index < -0.39 is 0 Å². The van der Waals surface area contributed by atoms with Crippen LogP contribution in [0.5, 0.6) is 0 Å². The Morgan fingerprint density at radius 3 is 3.08 bits per heavy atom. The summed E-state index contributed by atoms with van der Waals surface area (Å²) in [5, 5.41) is 3.44. The molecule has 7 heteroatoms. The molecule has 1 N–H and O–H groups in total. The lowest BCUT2D eigenvalue weighted by molar-refractivity contribution is 0.369. The van der Waals surface area contributed by atoms with Crippen molar-refractivity contribution in [2.75, 3.05) is 24.5 Å². The molecule has 6 nitrogen and oxygen atoms in total. The number of fused-ring (bicyclic) bond motifs is 3. The lowest BCUT2D eigenvalue weighted by atomic mass is 9.86. The van der Waals surface area contributed by atoms with Gasteiger partial charge in [-0.15, -0.1) is 0 Å². The van der Waals surface area contributed by atoms with Gasteiger partial charge in [-0.3, -0.25) is 0 Å². The van der Waals surface area contributed by atoms with Crippen LogP contribution in [0.2, 0.25) is 0 Å². The number of aromatic nitrogens is 3. The third kappa shape index (κ3) is 1.73. The molecule has 2 aromatic heterocycles. The van der Waals surface area contributed by atoms with E-state index in [4.69, 9.17) is 4.42 Å². The van der Waals surface area contributed by atoms with E-state index in [1.165, 1.54) is 11.8 Å². The molecule has 0 amide bonds. The van der Waals surface area contributed by atoms with E-state index in [1.807, 2.05) is 13.4 Å². The van der Waals surface area contributed by atoms with E-state index in [0.29, 0.717) is 17.1 Å². The van der Waals surface area contributed by atoms with Crippen molar-refractivity contribution >= 4 is 17.1 Å². The van der Waals surface area contributed by atoms with Crippen molar-refractivity contribution in [2.24, 2.45) is 7.05 Å². The third-order valence-corrected chi connectivity index (χ3v) is 5.31. The van der Waals surface area contributed by atoms with Crippen molar-refractivity contribution in [3.63, 3.8) is 0 Å². The SMILES string of the molecule is Cn1cnc2c1CCN(c1nc3c(F)cccc3o1)C21CCNC1. The fourth-order valence-electron chi connectivity index (χ4n) is 4.11. The van der Waals surface area contributed by atoms with Gasteiger partial charge in [0.15, 0.2) is 11.4 Å². The van der Waals surface area contributed by atoms with Gasteiger partial charge in [-0.05, 0) is 25.1 Å². The van der Waals surface area contributed by atoms with E-state index in [0.717, 1.165) is 38.2 Å². The monoisotopic (exact) mass is 327 g/mol. The molecule has 3 aromatic rings. The lowest BCUT2D eigenvalue weighted by Gasteiger charge is -2.42. The molecule has 1 saturated heterocycles. The van der Waals surface area contributed by atoms with Crippen LogP contribution < -0.4 is 10.2 Å². The normalized spacial score (nSPS) is 23.3. The molecule has 0 radical (unpaired) electrons. The fraction of sp³-hybridized carbons (Fsp3) is 0.412. The molecule has 2 aliphatic heterocycles. The minimum atomic E-state index is -0.350. The first-order valence-corrected chi connectivity index (χ1v) is 8.23. The van der Waals surface area contributed by atoms with Crippen molar-refractivity contribution in [2.45, 2.75) is 18.4 Å². The van der Waals surface area contributed by atoms with Crippen molar-refractivity contribution in [1.29, 1.82) is 0 Å². The molecule has 4 heterocycles. The first kappa shape index (κ1) is 14.0. The molecule has 1 atom stereocenters. The van der Waals surface area contributed by atoms with Crippen LogP contribution in [0.25, 0.3) is 11.1 Å². The summed E-state index contributed by atoms with van der Waals surface area (Å²) < 4.78 is 22.0. The quantitative estimate of drug-likeness (QED) is 0.740. The highest BCUT2D eigenvalue weighted by atomic mass is 19.1. The number of nitrogens with zero attached hydrogens (tertiary/aromatic N) is 4. The van der Waals surface area contributed by atoms with E-state index in [-0.39, 0.29) is 11.4 Å². The molecule has 24 heavy (non-hydrogen) atoms. The van der Waals surface area contributed by atoms with Gasteiger partial charge in [0.2, 0.25) is 0 Å². The van der Waals surface area contributed by atoms with Crippen LogP contribution in [-0.2, 0) is 19.0 Å². The Hall–Kier alpha value is -2.41. The summed E-state index contributed by atoms with van der Waals surface area (Å²) in [6, 6.07) is 5.29. The number of benzene rings is 1. The number of oxazole rings is 1. The number of aryl methyl sites for hydroxylation is 1. The first-order chi connectivity index (χ1) is 11.7. The predicted octanol–water partition coefficient (Wildman–Crippen LogP) is 1.95. The van der Waals surface area contributed by atoms with Crippen LogP contribution >= 0.6 is 0 Å². The molecule has 0 bridgehead atoms. The lowest BCUT2D eigenvalue weighted by Crippen LogP contribution is -2.53. The largest absolute Gasteiger partial charge is 0.423 e. The van der Waals surface area contributed by atoms with E-state index in [1.54, 1.807) is 12.1 Å². The number of rotatable bonds is 1. The topological polar surface area (TPSA) is 59.1 Å². The van der Waals surface area contributed by atoms with Crippen molar-refractivity contribution in [3.05, 3.63) is 41.7 Å². The minimum Gasteiger partial charge on any atom is -0.423 e. The van der Waals surface area contributed by atoms with Gasteiger partial charge < -0.3 is 19.2 Å². The van der Waals surface area contributed by atoms with Crippen molar-refractivity contribution in [1.82, 2.24) is 19.9 Å². The van der Waals surface area contributed by atoms with Crippen LogP contribution in [0.15, 0.2) is 28.9 Å². The van der Waals surface area contributed by atoms with Gasteiger partial charge in [-0.1, -0.05) is 6.07 Å². The Kier molecular flexibility index (Phi) is 2.79. The maximum Gasteiger partial charge on any atom is 0.299 e. The Morgan fingerprint density at radius 2 is 2.29 bits per heavy atom. The van der Waals surface area contributed by atoms with Gasteiger partial charge in [-0.25, -0.2) is 9.37 Å². The summed E-state index contributed by atoms with van der Waals surface area (Å²) in [6.07, 6.45) is 3.67. The number of para-hydroxylation sites is 1. The second kappa shape index (κ2) is 4.80. The van der Waals surface area contributed by atoms with Crippen LogP contribution in [0.3, 0.4) is 0 Å². The minimum absolute atomic E-state index is 0.272. The van der Waals surface area contributed by atoms with Gasteiger partial charge in [0.1, 0.15) is 11.1 Å². The average molecular weight is 327 g/mol. The van der Waals surface area contributed by atoms with Crippen LogP contribution in [0, 0.1) is 5.82 Å². The maximum absolute atomic E-state index is 14.0. The molecule has 0 saturated carbocycles. The van der Waals surface area contributed by atoms with Crippen molar-refractivity contribution in [3.8, 4) is 0 Å². The second-order valence-electron chi connectivity index (χ2n) is 6.59. The molecule has 1 unspecified atom stereocenters. The van der Waals surface area contributed by atoms with E-state index in [9.17, 15) is 4.39 Å². The Balaban J connectivity index is 1.68. The van der Waals surface area contributed by atoms with Crippen LogP contribution in [-0.4, -0.2) is 34.2 Å². The second-order valence-corrected chi connectivity index (χ2v) is 6.59. The van der Waals surface area contributed by atoms with E-state index in [2.05, 4.69) is 24.8 Å². The maximum atomic E-state index is 14.0. The fourth-order valence-corrected chi connectivity index (χ4v) is 4.11. The standard InChI is InChI=1S/C17H18FN5O/c1-22-10-20-15-12(22)5-8-23(17(15)6-7-19-9-17)16-21-14-11(18)3-2-4-13(14)24-16/h2-4,10,19H,5-9H2,1H3. The molecular formula is C17H18FN5O. The van der Waals surface area contributed by atoms with Crippen molar-refractivity contribution < 1.29 is 8.81 Å². The van der Waals surface area contributed by atoms with Gasteiger partial charge in [0, 0.05) is 32.3 Å². The zero-order valence-corrected chi connectivity index (χ0v) is 13.4. The highest BCUT2D eigenvalue weighted by Crippen LogP contribution is 2.42. The number of nitrogens with one attached hydrogen (secondary N) is 1. The Bertz CT molecular complexity index is 924. The molecule has 2 aliphatic rings. The summed E-state index contributed by atoms with van der Waals surface area (Å²) in [4.78, 5) is 11.3. The summed E-state index contributed by atoms with van der Waals surface area (Å²) in [7, 11) is 2.03. The van der Waals surface area contributed by atoms with E-state index >= 15 is 0 Å². The molecule has 124 valence electrons. The molecule has 1 fully saturated rings. The molecule has 5 rings (SSSR count). The van der Waals surface area contributed by atoms with Gasteiger partial charge >= 0.3 is 0 Å². The number of anilines is 1. The average Bonchev–Trinajstić information content (AvgIpc) is 3.29. The number of imidazole rings is 1. The Labute approximate surface area is 138 Å². The third-order valence-electron chi connectivity index (χ3n) is 5.31. The molecular weight excluding hydrogens is 309 g/mol.